The van der Waals surface area contributed by atoms with E-state index in [9.17, 15) is 4.79 Å². The topological polar surface area (TPSA) is 17.1 Å². The molecule has 1 heterocycles. The fourth-order valence-corrected chi connectivity index (χ4v) is 3.24. The predicted molar refractivity (Wildman–Crippen MR) is 62.6 cm³/mol. The van der Waals surface area contributed by atoms with Crippen LogP contribution in [0, 0.1) is 0 Å². The highest BCUT2D eigenvalue weighted by Crippen LogP contribution is 2.35. The lowest BCUT2D eigenvalue weighted by molar-refractivity contribution is 0.112. The van der Waals surface area contributed by atoms with Crippen molar-refractivity contribution in [3.05, 3.63) is 32.0 Å². The normalized spacial score (nSPS) is 10.6. The number of rotatable bonds is 1. The zero-order valence-corrected chi connectivity index (χ0v) is 10.4. The summed E-state index contributed by atoms with van der Waals surface area (Å²) in [6.07, 6.45) is 0.884. The van der Waals surface area contributed by atoms with E-state index in [2.05, 4.69) is 31.9 Å². The van der Waals surface area contributed by atoms with Crippen LogP contribution in [0.4, 0.5) is 0 Å². The number of benzene rings is 1. The lowest BCUT2D eigenvalue weighted by Gasteiger charge is -1.91. The van der Waals surface area contributed by atoms with E-state index in [0.717, 1.165) is 30.2 Å². The van der Waals surface area contributed by atoms with E-state index in [1.807, 2.05) is 18.2 Å². The minimum absolute atomic E-state index is 0.737. The highest BCUT2D eigenvalue weighted by atomic mass is 79.9. The standard InChI is InChI=1S/C9H4Br2OS/c10-5-1-2-8-6(3-5)7(4-12)9(11)13-8/h1-4H. The maximum Gasteiger partial charge on any atom is 0.152 e. The third kappa shape index (κ3) is 1.58. The monoisotopic (exact) mass is 318 g/mol. The van der Waals surface area contributed by atoms with Crippen LogP contribution in [0.3, 0.4) is 0 Å². The van der Waals surface area contributed by atoms with Gasteiger partial charge >= 0.3 is 0 Å². The van der Waals surface area contributed by atoms with Crippen molar-refractivity contribution in [1.82, 2.24) is 0 Å². The van der Waals surface area contributed by atoms with Gasteiger partial charge in [-0.15, -0.1) is 11.3 Å². The first-order chi connectivity index (χ1) is 6.22. The molecule has 1 aromatic carbocycles. The minimum Gasteiger partial charge on any atom is -0.298 e. The molecule has 0 aliphatic carbocycles. The summed E-state index contributed by atoms with van der Waals surface area (Å²) in [5, 5.41) is 1.00. The highest BCUT2D eigenvalue weighted by Gasteiger charge is 2.08. The zero-order chi connectivity index (χ0) is 9.42. The van der Waals surface area contributed by atoms with E-state index in [0.29, 0.717) is 0 Å². The van der Waals surface area contributed by atoms with Crippen LogP contribution < -0.4 is 0 Å². The Balaban J connectivity index is 2.88. The number of hydrogen-bond donors (Lipinski definition) is 0. The SMILES string of the molecule is O=Cc1c(Br)sc2ccc(Br)cc12. The van der Waals surface area contributed by atoms with Gasteiger partial charge in [-0.25, -0.2) is 0 Å². The molecule has 0 amide bonds. The molecular formula is C9H4Br2OS. The Hall–Kier alpha value is -0.190. The number of aldehydes is 1. The van der Waals surface area contributed by atoms with Crippen molar-refractivity contribution in [3.63, 3.8) is 0 Å². The molecule has 66 valence electrons. The smallest absolute Gasteiger partial charge is 0.152 e. The Morgan fingerprint density at radius 3 is 2.77 bits per heavy atom. The van der Waals surface area contributed by atoms with Gasteiger partial charge in [0.2, 0.25) is 0 Å². The van der Waals surface area contributed by atoms with Gasteiger partial charge in [-0.3, -0.25) is 4.79 Å². The lowest BCUT2D eigenvalue weighted by Crippen LogP contribution is -1.76. The Morgan fingerprint density at radius 2 is 2.08 bits per heavy atom. The summed E-state index contributed by atoms with van der Waals surface area (Å²) in [6, 6.07) is 5.93. The predicted octanol–water partition coefficient (Wildman–Crippen LogP) is 4.24. The average Bonchev–Trinajstić information content (AvgIpc) is 2.40. The summed E-state index contributed by atoms with van der Waals surface area (Å²) in [5.74, 6) is 0. The van der Waals surface area contributed by atoms with Crippen LogP contribution in [-0.4, -0.2) is 6.29 Å². The molecule has 4 heteroatoms. The molecule has 2 aromatic rings. The number of carbonyl (C=O) groups is 1. The maximum atomic E-state index is 10.8. The van der Waals surface area contributed by atoms with E-state index < -0.39 is 0 Å². The van der Waals surface area contributed by atoms with Gasteiger partial charge in [-0.05, 0) is 34.1 Å². The molecule has 0 aliphatic heterocycles. The van der Waals surface area contributed by atoms with Crippen molar-refractivity contribution in [2.75, 3.05) is 0 Å². The van der Waals surface area contributed by atoms with Gasteiger partial charge in [-0.2, -0.15) is 0 Å². The summed E-state index contributed by atoms with van der Waals surface area (Å²) < 4.78 is 3.01. The van der Waals surface area contributed by atoms with Crippen molar-refractivity contribution in [3.8, 4) is 0 Å². The van der Waals surface area contributed by atoms with Gasteiger partial charge in [0.15, 0.2) is 6.29 Å². The quantitative estimate of drug-likeness (QED) is 0.719. The van der Waals surface area contributed by atoms with Crippen molar-refractivity contribution < 1.29 is 4.79 Å². The molecular weight excluding hydrogens is 316 g/mol. The average molecular weight is 320 g/mol. The highest BCUT2D eigenvalue weighted by molar-refractivity contribution is 9.11. The summed E-state index contributed by atoms with van der Waals surface area (Å²) in [7, 11) is 0. The van der Waals surface area contributed by atoms with Crippen LogP contribution in [0.15, 0.2) is 26.5 Å². The molecule has 2 rings (SSSR count). The molecule has 0 unspecified atom stereocenters. The Bertz CT molecular complexity index is 476. The molecule has 13 heavy (non-hydrogen) atoms. The van der Waals surface area contributed by atoms with Gasteiger partial charge < -0.3 is 0 Å². The zero-order valence-electron chi connectivity index (χ0n) is 6.38. The number of hydrogen-bond acceptors (Lipinski definition) is 2. The summed E-state index contributed by atoms with van der Waals surface area (Å²) in [4.78, 5) is 10.8. The largest absolute Gasteiger partial charge is 0.298 e. The fourth-order valence-electron chi connectivity index (χ4n) is 1.17. The molecule has 0 fully saturated rings. The first-order valence-corrected chi connectivity index (χ1v) is 5.95. The van der Waals surface area contributed by atoms with Crippen molar-refractivity contribution >= 4 is 59.6 Å². The van der Waals surface area contributed by atoms with Gasteiger partial charge in [0, 0.05) is 20.1 Å². The van der Waals surface area contributed by atoms with Crippen LogP contribution in [0.1, 0.15) is 10.4 Å². The van der Waals surface area contributed by atoms with Crippen molar-refractivity contribution in [2.24, 2.45) is 0 Å². The molecule has 1 aromatic heterocycles. The summed E-state index contributed by atoms with van der Waals surface area (Å²) >= 11 is 8.32. The van der Waals surface area contributed by atoms with E-state index in [1.165, 1.54) is 0 Å². The second-order valence-electron chi connectivity index (χ2n) is 2.55. The molecule has 0 N–H and O–H groups in total. The minimum atomic E-state index is 0.737. The Morgan fingerprint density at radius 1 is 1.31 bits per heavy atom. The first-order valence-electron chi connectivity index (χ1n) is 3.55. The van der Waals surface area contributed by atoms with Gasteiger partial charge in [0.25, 0.3) is 0 Å². The molecule has 0 atom stereocenters. The van der Waals surface area contributed by atoms with Crippen molar-refractivity contribution in [2.45, 2.75) is 0 Å². The summed E-state index contributed by atoms with van der Waals surface area (Å²) in [6.45, 7) is 0. The van der Waals surface area contributed by atoms with Crippen LogP contribution in [0.2, 0.25) is 0 Å². The number of thiophene rings is 1. The second kappa shape index (κ2) is 3.52. The number of carbonyl (C=O) groups excluding carboxylic acids is 1. The number of halogens is 2. The Labute approximate surface area is 96.0 Å². The molecule has 0 saturated carbocycles. The Kier molecular flexibility index (Phi) is 2.53. The molecule has 0 spiro atoms. The van der Waals surface area contributed by atoms with Gasteiger partial charge in [0.05, 0.1) is 3.79 Å². The fraction of sp³-hybridized carbons (Fsp3) is 0. The third-order valence-electron chi connectivity index (χ3n) is 1.76. The van der Waals surface area contributed by atoms with E-state index >= 15 is 0 Å². The van der Waals surface area contributed by atoms with E-state index in [1.54, 1.807) is 11.3 Å². The van der Waals surface area contributed by atoms with E-state index in [-0.39, 0.29) is 0 Å². The van der Waals surface area contributed by atoms with Crippen LogP contribution >= 0.6 is 43.2 Å². The second-order valence-corrected chi connectivity index (χ2v) is 5.83. The molecule has 0 aliphatic rings. The molecule has 0 radical (unpaired) electrons. The van der Waals surface area contributed by atoms with Crippen LogP contribution in [-0.2, 0) is 0 Å². The molecule has 0 saturated heterocycles. The van der Waals surface area contributed by atoms with Gasteiger partial charge in [0.1, 0.15) is 0 Å². The first kappa shape index (κ1) is 9.37. The maximum absolute atomic E-state index is 10.8. The summed E-state index contributed by atoms with van der Waals surface area (Å²) in [5.41, 5.74) is 0.737. The van der Waals surface area contributed by atoms with Crippen molar-refractivity contribution in [1.29, 1.82) is 0 Å². The van der Waals surface area contributed by atoms with Crippen LogP contribution in [0.5, 0.6) is 0 Å². The number of fused-ring (bicyclic) bond motifs is 1. The molecule has 0 bridgehead atoms. The molecule has 1 nitrogen and oxygen atoms in total. The van der Waals surface area contributed by atoms with Gasteiger partial charge in [-0.1, -0.05) is 15.9 Å². The van der Waals surface area contributed by atoms with E-state index in [4.69, 9.17) is 0 Å². The lowest BCUT2D eigenvalue weighted by atomic mass is 10.2. The third-order valence-corrected chi connectivity index (χ3v) is 4.14. The van der Waals surface area contributed by atoms with Crippen LogP contribution in [0.25, 0.3) is 10.1 Å².